The second kappa shape index (κ2) is 9.81. The van der Waals surface area contributed by atoms with Crippen LogP contribution in [0, 0.1) is 17.7 Å². The number of hydrazone groups is 1. The summed E-state index contributed by atoms with van der Waals surface area (Å²) in [7, 11) is 0. The second-order valence-corrected chi connectivity index (χ2v) is 11.6. The third kappa shape index (κ3) is 3.65. The Morgan fingerprint density at radius 1 is 0.795 bits per heavy atom. The average Bonchev–Trinajstić information content (AvgIpc) is 3.32. The predicted octanol–water partition coefficient (Wildman–Crippen LogP) is 5.87. The third-order valence-electron chi connectivity index (χ3n) is 9.46. The van der Waals surface area contributed by atoms with Crippen molar-refractivity contribution in [3.63, 3.8) is 0 Å². The van der Waals surface area contributed by atoms with Crippen molar-refractivity contribution in [2.45, 2.75) is 17.8 Å². The molecule has 3 amide bonds. The van der Waals surface area contributed by atoms with Gasteiger partial charge in [-0.3, -0.25) is 14.4 Å². The molecule has 7 heteroatoms. The molecule has 1 saturated heterocycles. The largest absolute Gasteiger partial charge is 0.274 e. The summed E-state index contributed by atoms with van der Waals surface area (Å²) in [5.41, 5.74) is 6.52. The molecule has 44 heavy (non-hydrogen) atoms. The number of carbonyl (C=O) groups excluding carboxylic acids is 3. The number of fused-ring (bicyclic) bond motifs is 1. The number of benzene rings is 5. The van der Waals surface area contributed by atoms with Crippen LogP contribution in [-0.2, 0) is 26.2 Å². The van der Waals surface area contributed by atoms with Crippen LogP contribution in [0.4, 0.5) is 10.1 Å². The maximum absolute atomic E-state index is 14.4. The number of hydrogen-bond donors (Lipinski definition) is 1. The zero-order valence-electron chi connectivity index (χ0n) is 23.5. The number of hydrogen-bond acceptors (Lipinski definition) is 4. The summed E-state index contributed by atoms with van der Waals surface area (Å²) in [6, 6.07) is 34.9. The van der Waals surface area contributed by atoms with Crippen LogP contribution in [0.2, 0.25) is 0 Å². The molecule has 3 aliphatic carbocycles. The molecule has 9 rings (SSSR count). The lowest BCUT2D eigenvalue weighted by Crippen LogP contribution is -2.54. The molecule has 5 aromatic carbocycles. The number of imide groups is 1. The number of amides is 3. The zero-order valence-corrected chi connectivity index (χ0v) is 23.5. The second-order valence-electron chi connectivity index (χ2n) is 11.6. The van der Waals surface area contributed by atoms with Crippen LogP contribution in [0.25, 0.3) is 10.8 Å². The average molecular weight is 580 g/mol. The van der Waals surface area contributed by atoms with Gasteiger partial charge in [0.15, 0.2) is 0 Å². The molecule has 4 aliphatic rings. The molecule has 1 heterocycles. The molecule has 1 aliphatic heterocycles. The molecule has 0 saturated carbocycles. The van der Waals surface area contributed by atoms with Crippen molar-refractivity contribution in [3.05, 3.63) is 149 Å². The number of nitrogens with one attached hydrogen (secondary N) is 1. The summed E-state index contributed by atoms with van der Waals surface area (Å²) in [6.07, 6.45) is 1.78. The first-order valence-corrected chi connectivity index (χ1v) is 14.6. The van der Waals surface area contributed by atoms with Crippen molar-refractivity contribution >= 4 is 40.4 Å². The van der Waals surface area contributed by atoms with Crippen LogP contribution in [0.15, 0.2) is 120 Å². The van der Waals surface area contributed by atoms with Gasteiger partial charge in [-0.15, -0.1) is 0 Å². The molecule has 1 N–H and O–H groups in total. The molecule has 1 fully saturated rings. The van der Waals surface area contributed by atoms with Crippen LogP contribution in [-0.4, -0.2) is 23.9 Å². The highest BCUT2D eigenvalue weighted by molar-refractivity contribution is 6.25. The predicted molar refractivity (Wildman–Crippen MR) is 166 cm³/mol. The molecule has 0 unspecified atom stereocenters. The van der Waals surface area contributed by atoms with Gasteiger partial charge >= 0.3 is 0 Å². The summed E-state index contributed by atoms with van der Waals surface area (Å²) < 4.78 is 13.8. The van der Waals surface area contributed by atoms with Crippen molar-refractivity contribution in [2.24, 2.45) is 16.9 Å². The van der Waals surface area contributed by atoms with Crippen molar-refractivity contribution in [3.8, 4) is 0 Å². The highest BCUT2D eigenvalue weighted by Crippen LogP contribution is 2.63. The lowest BCUT2D eigenvalue weighted by Gasteiger charge is -2.52. The van der Waals surface area contributed by atoms with Crippen LogP contribution in [0.1, 0.15) is 33.7 Å². The summed E-state index contributed by atoms with van der Waals surface area (Å²) in [4.78, 5) is 43.0. The summed E-state index contributed by atoms with van der Waals surface area (Å²) >= 11 is 0. The fourth-order valence-corrected chi connectivity index (χ4v) is 7.76. The fourth-order valence-electron chi connectivity index (χ4n) is 7.76. The lowest BCUT2D eigenvalue weighted by atomic mass is 9.47. The minimum atomic E-state index is -1.11. The molecule has 0 aromatic heterocycles. The highest BCUT2D eigenvalue weighted by atomic mass is 19.1. The number of rotatable bonds is 5. The zero-order chi connectivity index (χ0) is 30.0. The van der Waals surface area contributed by atoms with Gasteiger partial charge in [0.1, 0.15) is 5.82 Å². The molecule has 2 bridgehead atoms. The Bertz CT molecular complexity index is 1980. The molecule has 2 atom stereocenters. The minimum absolute atomic E-state index is 0.128. The lowest BCUT2D eigenvalue weighted by molar-refractivity contribution is -0.123. The topological polar surface area (TPSA) is 78.8 Å². The first kappa shape index (κ1) is 26.2. The molecule has 0 spiro atoms. The van der Waals surface area contributed by atoms with E-state index in [0.717, 1.165) is 38.6 Å². The Kier molecular flexibility index (Phi) is 5.84. The Balaban J connectivity index is 1.22. The first-order valence-electron chi connectivity index (χ1n) is 14.6. The Morgan fingerprint density at radius 3 is 2.16 bits per heavy atom. The van der Waals surface area contributed by atoms with E-state index in [1.165, 1.54) is 29.2 Å². The van der Waals surface area contributed by atoms with E-state index in [4.69, 9.17) is 0 Å². The summed E-state index contributed by atoms with van der Waals surface area (Å²) in [5, 5.41) is 6.56. The van der Waals surface area contributed by atoms with Gasteiger partial charge in [-0.25, -0.2) is 14.7 Å². The normalized spacial score (nSPS) is 23.1. The Labute approximate surface area is 252 Å². The van der Waals surface area contributed by atoms with Gasteiger partial charge in [0.2, 0.25) is 17.7 Å². The van der Waals surface area contributed by atoms with E-state index >= 15 is 0 Å². The summed E-state index contributed by atoms with van der Waals surface area (Å²) in [6.45, 7) is 0. The van der Waals surface area contributed by atoms with E-state index in [2.05, 4.69) is 10.5 Å². The van der Waals surface area contributed by atoms with E-state index in [1.807, 2.05) is 91.0 Å². The molecule has 214 valence electrons. The monoisotopic (exact) mass is 579 g/mol. The van der Waals surface area contributed by atoms with Crippen LogP contribution in [0.5, 0.6) is 0 Å². The molecular weight excluding hydrogens is 553 g/mol. The maximum Gasteiger partial charge on any atom is 0.244 e. The number of nitrogens with zero attached hydrogens (tertiary/aromatic N) is 2. The SMILES string of the molecule is O=C(Cc1cccc2ccccc12)N/N=C\C12c3ccccc3C(c3ccccc31)[C@@H]1C(=O)N(c3ccc(F)cc3)C(=O)[C@@H]12. The van der Waals surface area contributed by atoms with E-state index < -0.39 is 23.1 Å². The quantitative estimate of drug-likeness (QED) is 0.161. The molecular formula is C37H26FN3O3. The first-order chi connectivity index (χ1) is 21.5. The Morgan fingerprint density at radius 2 is 1.43 bits per heavy atom. The van der Waals surface area contributed by atoms with Crippen LogP contribution in [0.3, 0.4) is 0 Å². The van der Waals surface area contributed by atoms with Crippen molar-refractivity contribution in [1.29, 1.82) is 0 Å². The van der Waals surface area contributed by atoms with E-state index in [1.54, 1.807) is 6.21 Å². The van der Waals surface area contributed by atoms with Gasteiger partial charge in [-0.2, -0.15) is 5.10 Å². The Hall–Kier alpha value is -5.43. The van der Waals surface area contributed by atoms with E-state index in [0.29, 0.717) is 5.69 Å². The van der Waals surface area contributed by atoms with Crippen LogP contribution < -0.4 is 10.3 Å². The van der Waals surface area contributed by atoms with Gasteiger partial charge < -0.3 is 0 Å². The van der Waals surface area contributed by atoms with Gasteiger partial charge in [0.25, 0.3) is 0 Å². The number of anilines is 1. The third-order valence-corrected chi connectivity index (χ3v) is 9.46. The van der Waals surface area contributed by atoms with Gasteiger partial charge in [0, 0.05) is 12.1 Å². The smallest absolute Gasteiger partial charge is 0.244 e. The van der Waals surface area contributed by atoms with Crippen molar-refractivity contribution in [1.82, 2.24) is 5.43 Å². The number of halogens is 1. The number of carbonyl (C=O) groups is 3. The van der Waals surface area contributed by atoms with Crippen molar-refractivity contribution < 1.29 is 18.8 Å². The molecule has 0 radical (unpaired) electrons. The van der Waals surface area contributed by atoms with E-state index in [9.17, 15) is 18.8 Å². The molecule has 5 aromatic rings. The van der Waals surface area contributed by atoms with Crippen LogP contribution >= 0.6 is 0 Å². The summed E-state index contributed by atoms with van der Waals surface area (Å²) in [5.74, 6) is -3.24. The van der Waals surface area contributed by atoms with E-state index in [-0.39, 0.29) is 30.1 Å². The minimum Gasteiger partial charge on any atom is -0.274 e. The van der Waals surface area contributed by atoms with Gasteiger partial charge in [-0.05, 0) is 62.9 Å². The fraction of sp³-hybridized carbons (Fsp3) is 0.135. The maximum atomic E-state index is 14.4. The van der Waals surface area contributed by atoms with Crippen molar-refractivity contribution in [2.75, 3.05) is 4.90 Å². The van der Waals surface area contributed by atoms with Gasteiger partial charge in [-0.1, -0.05) is 91.0 Å². The molecule has 6 nitrogen and oxygen atoms in total. The van der Waals surface area contributed by atoms with Gasteiger partial charge in [0.05, 0.1) is 29.4 Å². The standard InChI is InChI=1S/C37H26FN3O3/c38-24-16-18-25(19-17-24)41-35(43)33-32-27-12-3-5-14-29(27)37(34(33)36(41)44,30-15-6-4-13-28(30)32)21-39-40-31(42)20-23-10-7-9-22-8-1-2-11-26(22)23/h1-19,21,32-34H,20H2,(H,40,42)/b39-21-/t32?,33-,34+,37?/m0/s1. The highest BCUT2D eigenvalue weighted by Gasteiger charge is 2.68.